The molecule has 7 heteroatoms. The summed E-state index contributed by atoms with van der Waals surface area (Å²) in [6.45, 7) is 3.48. The van der Waals surface area contributed by atoms with E-state index in [-0.39, 0.29) is 5.97 Å². The Hall–Kier alpha value is -1.28. The van der Waals surface area contributed by atoms with Crippen molar-refractivity contribution >= 4 is 33.2 Å². The zero-order valence-corrected chi connectivity index (χ0v) is 17.4. The lowest BCUT2D eigenvalue weighted by molar-refractivity contribution is -0.144. The molecule has 2 rings (SSSR count). The van der Waals surface area contributed by atoms with Crippen LogP contribution in [0.3, 0.4) is 0 Å². The number of hydrogen-bond donors (Lipinski definition) is 1. The Balaban J connectivity index is 1.72. The Morgan fingerprint density at radius 3 is 2.81 bits per heavy atom. The highest BCUT2D eigenvalue weighted by atomic mass is 79.9. The maximum atomic E-state index is 11.7. The van der Waals surface area contributed by atoms with Gasteiger partial charge in [-0.2, -0.15) is 0 Å². The first kappa shape index (κ1) is 21.0. The minimum Gasteiger partial charge on any atom is -0.465 e. The van der Waals surface area contributed by atoms with Crippen LogP contribution in [0.1, 0.15) is 35.9 Å². The first-order valence-corrected chi connectivity index (χ1v) is 10.4. The van der Waals surface area contributed by atoms with Crippen molar-refractivity contribution < 1.29 is 14.3 Å². The van der Waals surface area contributed by atoms with E-state index in [1.54, 1.807) is 18.3 Å². The minimum absolute atomic E-state index is 0.336. The number of aromatic nitrogens is 1. The van der Waals surface area contributed by atoms with E-state index in [1.807, 2.05) is 18.2 Å². The second-order valence-corrected chi connectivity index (χ2v) is 8.25. The van der Waals surface area contributed by atoms with E-state index in [0.717, 1.165) is 35.5 Å². The molecule has 1 aromatic carbocycles. The molecule has 0 bridgehead atoms. The summed E-state index contributed by atoms with van der Waals surface area (Å²) in [5.74, 6) is -0.378. The number of hydrogen-bond acceptors (Lipinski definition) is 6. The number of unbranched alkanes of at least 4 members (excludes halogenated alkanes) is 1. The van der Waals surface area contributed by atoms with Gasteiger partial charge in [-0.3, -0.25) is 4.79 Å². The normalized spacial score (nSPS) is 12.1. The van der Waals surface area contributed by atoms with Crippen LogP contribution in [-0.4, -0.2) is 30.2 Å². The highest BCUT2D eigenvalue weighted by Gasteiger charge is 2.19. The second-order valence-electron chi connectivity index (χ2n) is 5.89. The monoisotopic (exact) mass is 440 g/mol. The molecule has 0 aliphatic carbocycles. The van der Waals surface area contributed by atoms with E-state index < -0.39 is 6.04 Å². The van der Waals surface area contributed by atoms with Crippen LogP contribution in [-0.2, 0) is 33.7 Å². The Kier molecular flexibility index (Phi) is 9.25. The third-order valence-corrected chi connectivity index (χ3v) is 5.42. The Labute approximate surface area is 167 Å². The molecule has 0 aliphatic rings. The first-order valence-electron chi connectivity index (χ1n) is 8.78. The number of thiazole rings is 1. The van der Waals surface area contributed by atoms with Crippen LogP contribution in [0.4, 0.5) is 0 Å². The van der Waals surface area contributed by atoms with Crippen molar-refractivity contribution in [1.82, 2.24) is 4.98 Å². The summed E-state index contributed by atoms with van der Waals surface area (Å²) >= 11 is 5.03. The van der Waals surface area contributed by atoms with Crippen molar-refractivity contribution in [2.75, 3.05) is 13.2 Å². The van der Waals surface area contributed by atoms with Crippen LogP contribution in [0, 0.1) is 0 Å². The average molecular weight is 441 g/mol. The van der Waals surface area contributed by atoms with Crippen LogP contribution in [0.15, 0.2) is 34.2 Å². The molecule has 1 heterocycles. The number of carbonyl (C=O) groups is 1. The summed E-state index contributed by atoms with van der Waals surface area (Å²) in [5.41, 5.74) is 7.99. The molecule has 5 nitrogen and oxygen atoms in total. The van der Waals surface area contributed by atoms with Gasteiger partial charge >= 0.3 is 5.97 Å². The Morgan fingerprint density at radius 1 is 1.31 bits per heavy atom. The van der Waals surface area contributed by atoms with Gasteiger partial charge in [-0.1, -0.05) is 30.3 Å². The lowest BCUT2D eigenvalue weighted by Crippen LogP contribution is -2.34. The summed E-state index contributed by atoms with van der Waals surface area (Å²) in [7, 11) is 0. The van der Waals surface area contributed by atoms with Crippen molar-refractivity contribution in [3.05, 3.63) is 50.4 Å². The smallest absolute Gasteiger partial charge is 0.323 e. The number of rotatable bonds is 11. The number of halogens is 1. The number of carbonyl (C=O) groups excluding carboxylic acids is 1. The molecule has 142 valence electrons. The van der Waals surface area contributed by atoms with Crippen molar-refractivity contribution in [3.63, 3.8) is 0 Å². The van der Waals surface area contributed by atoms with Gasteiger partial charge in [-0.05, 0) is 47.7 Å². The predicted molar refractivity (Wildman–Crippen MR) is 107 cm³/mol. The number of esters is 1. The quantitative estimate of drug-likeness (QED) is 0.423. The van der Waals surface area contributed by atoms with Gasteiger partial charge in [0.2, 0.25) is 0 Å². The van der Waals surface area contributed by atoms with Crippen LogP contribution >= 0.6 is 27.3 Å². The van der Waals surface area contributed by atoms with Crippen molar-refractivity contribution in [3.8, 4) is 0 Å². The van der Waals surface area contributed by atoms with Gasteiger partial charge in [0.05, 0.1) is 18.9 Å². The molecule has 0 amide bonds. The predicted octanol–water partition coefficient (Wildman–Crippen LogP) is 3.88. The molecular weight excluding hydrogens is 416 g/mol. The molecule has 0 unspecified atom stereocenters. The number of benzene rings is 1. The number of aryl methyl sites for hydroxylation is 1. The SMILES string of the molecule is CCOC(=O)[C@@H](N)Cc1nc(Br)sc1CCCCOCc1ccccc1. The Morgan fingerprint density at radius 2 is 2.08 bits per heavy atom. The number of nitrogens with zero attached hydrogens (tertiary/aromatic N) is 1. The molecule has 26 heavy (non-hydrogen) atoms. The molecule has 0 saturated carbocycles. The number of ether oxygens (including phenoxy) is 2. The van der Waals surface area contributed by atoms with Crippen LogP contribution < -0.4 is 5.73 Å². The van der Waals surface area contributed by atoms with Crippen LogP contribution in [0.25, 0.3) is 0 Å². The summed E-state index contributed by atoms with van der Waals surface area (Å²) < 4.78 is 11.5. The number of nitrogens with two attached hydrogens (primary N) is 1. The van der Waals surface area contributed by atoms with E-state index >= 15 is 0 Å². The molecule has 0 radical (unpaired) electrons. The summed E-state index contributed by atoms with van der Waals surface area (Å²) in [5, 5.41) is 0. The van der Waals surface area contributed by atoms with Gasteiger partial charge in [0.15, 0.2) is 3.92 Å². The standard InChI is InChI=1S/C19H25BrN2O3S/c1-2-25-18(23)15(21)12-16-17(26-19(20)22-16)10-6-7-11-24-13-14-8-4-3-5-9-14/h3-5,8-9,15H,2,6-7,10-13,21H2,1H3/t15-/m0/s1. The molecular formula is C19H25BrN2O3S. The molecule has 0 saturated heterocycles. The molecule has 2 aromatic rings. The molecule has 1 atom stereocenters. The van der Waals surface area contributed by atoms with Crippen LogP contribution in [0.2, 0.25) is 0 Å². The summed E-state index contributed by atoms with van der Waals surface area (Å²) in [6.07, 6.45) is 3.29. The highest BCUT2D eigenvalue weighted by Crippen LogP contribution is 2.26. The fourth-order valence-electron chi connectivity index (χ4n) is 2.50. The third kappa shape index (κ3) is 7.15. The maximum Gasteiger partial charge on any atom is 0.323 e. The summed E-state index contributed by atoms with van der Waals surface area (Å²) in [6, 6.07) is 9.49. The molecule has 0 fully saturated rings. The average Bonchev–Trinajstić information content (AvgIpc) is 2.98. The largest absolute Gasteiger partial charge is 0.465 e. The fourth-order valence-corrected chi connectivity index (χ4v) is 4.15. The Bertz CT molecular complexity index is 679. The highest BCUT2D eigenvalue weighted by molar-refractivity contribution is 9.11. The van der Waals surface area contributed by atoms with Gasteiger partial charge in [0, 0.05) is 17.9 Å². The molecule has 0 spiro atoms. The van der Waals surface area contributed by atoms with Gasteiger partial charge in [-0.15, -0.1) is 11.3 Å². The van der Waals surface area contributed by atoms with E-state index in [0.29, 0.717) is 19.6 Å². The van der Waals surface area contributed by atoms with Gasteiger partial charge in [0.1, 0.15) is 6.04 Å². The van der Waals surface area contributed by atoms with Crippen molar-refractivity contribution in [1.29, 1.82) is 0 Å². The lowest BCUT2D eigenvalue weighted by Gasteiger charge is -2.10. The zero-order valence-electron chi connectivity index (χ0n) is 14.9. The van der Waals surface area contributed by atoms with Crippen molar-refractivity contribution in [2.45, 2.75) is 45.3 Å². The van der Waals surface area contributed by atoms with Gasteiger partial charge in [0.25, 0.3) is 0 Å². The first-order chi connectivity index (χ1) is 12.6. The minimum atomic E-state index is -0.670. The van der Waals surface area contributed by atoms with E-state index in [2.05, 4.69) is 33.0 Å². The maximum absolute atomic E-state index is 11.7. The second kappa shape index (κ2) is 11.4. The lowest BCUT2D eigenvalue weighted by atomic mass is 10.1. The van der Waals surface area contributed by atoms with Crippen LogP contribution in [0.5, 0.6) is 0 Å². The molecule has 2 N–H and O–H groups in total. The van der Waals surface area contributed by atoms with E-state index in [1.165, 1.54) is 10.4 Å². The third-order valence-electron chi connectivity index (χ3n) is 3.81. The van der Waals surface area contributed by atoms with Gasteiger partial charge in [-0.25, -0.2) is 4.98 Å². The molecule has 1 aromatic heterocycles. The van der Waals surface area contributed by atoms with Gasteiger partial charge < -0.3 is 15.2 Å². The van der Waals surface area contributed by atoms with E-state index in [4.69, 9.17) is 15.2 Å². The van der Waals surface area contributed by atoms with Crippen molar-refractivity contribution in [2.24, 2.45) is 5.73 Å². The van der Waals surface area contributed by atoms with E-state index in [9.17, 15) is 4.79 Å². The fraction of sp³-hybridized carbons (Fsp3) is 0.474. The topological polar surface area (TPSA) is 74.4 Å². The zero-order chi connectivity index (χ0) is 18.8. The summed E-state index contributed by atoms with van der Waals surface area (Å²) in [4.78, 5) is 17.3. The molecule has 0 aliphatic heterocycles.